The molecular formula is C10H10N2O2S. The third-order valence-electron chi connectivity index (χ3n) is 2.82. The number of imidazole rings is 1. The molecule has 0 aliphatic heterocycles. The van der Waals surface area contributed by atoms with E-state index in [4.69, 9.17) is 5.11 Å². The van der Waals surface area contributed by atoms with Gasteiger partial charge in [-0.3, -0.25) is 4.40 Å². The van der Waals surface area contributed by atoms with Crippen LogP contribution >= 0.6 is 11.3 Å². The molecule has 0 spiro atoms. The molecule has 0 aromatic carbocycles. The van der Waals surface area contributed by atoms with E-state index in [0.717, 1.165) is 29.9 Å². The predicted octanol–water partition coefficient (Wildman–Crippen LogP) is 1.97. The fourth-order valence-corrected chi connectivity index (χ4v) is 3.32. The number of hydrogen-bond acceptors (Lipinski definition) is 3. The monoisotopic (exact) mass is 222 g/mol. The molecule has 1 aliphatic carbocycles. The number of carboxylic acid groups (broad SMARTS) is 1. The van der Waals surface area contributed by atoms with Gasteiger partial charge in [0, 0.05) is 10.6 Å². The molecule has 78 valence electrons. The van der Waals surface area contributed by atoms with Crippen molar-refractivity contribution in [3.05, 3.63) is 22.5 Å². The minimum Gasteiger partial charge on any atom is -0.477 e. The van der Waals surface area contributed by atoms with Gasteiger partial charge in [0.05, 0.1) is 6.20 Å². The van der Waals surface area contributed by atoms with Gasteiger partial charge in [-0.1, -0.05) is 0 Å². The summed E-state index contributed by atoms with van der Waals surface area (Å²) in [7, 11) is 0. The zero-order valence-electron chi connectivity index (χ0n) is 8.06. The molecular weight excluding hydrogens is 212 g/mol. The van der Waals surface area contributed by atoms with Crippen LogP contribution in [0.15, 0.2) is 6.20 Å². The molecule has 0 bridgehead atoms. The Morgan fingerprint density at radius 3 is 3.07 bits per heavy atom. The number of thiazole rings is 1. The Morgan fingerprint density at radius 1 is 1.47 bits per heavy atom. The van der Waals surface area contributed by atoms with Crippen LogP contribution < -0.4 is 0 Å². The first kappa shape index (κ1) is 8.91. The number of carbonyl (C=O) groups is 1. The molecule has 1 aliphatic rings. The van der Waals surface area contributed by atoms with E-state index in [1.54, 1.807) is 11.3 Å². The summed E-state index contributed by atoms with van der Waals surface area (Å²) in [6, 6.07) is 0. The number of carboxylic acids is 1. The SMILES string of the molecule is O=C(O)c1cnc2sc3c(n12)CCCC3. The van der Waals surface area contributed by atoms with E-state index < -0.39 is 5.97 Å². The molecule has 2 heterocycles. The lowest BCUT2D eigenvalue weighted by Crippen LogP contribution is -2.07. The van der Waals surface area contributed by atoms with E-state index in [1.807, 2.05) is 4.40 Å². The van der Waals surface area contributed by atoms with E-state index in [9.17, 15) is 4.79 Å². The lowest BCUT2D eigenvalue weighted by Gasteiger charge is -2.10. The van der Waals surface area contributed by atoms with Crippen LogP contribution in [-0.4, -0.2) is 20.5 Å². The van der Waals surface area contributed by atoms with Gasteiger partial charge in [-0.05, 0) is 25.7 Å². The van der Waals surface area contributed by atoms with E-state index in [1.165, 1.54) is 17.5 Å². The van der Waals surface area contributed by atoms with Gasteiger partial charge in [0.1, 0.15) is 0 Å². The van der Waals surface area contributed by atoms with Crippen LogP contribution in [0.3, 0.4) is 0 Å². The Kier molecular flexibility index (Phi) is 1.82. The molecule has 0 saturated carbocycles. The van der Waals surface area contributed by atoms with Gasteiger partial charge in [0.15, 0.2) is 10.7 Å². The van der Waals surface area contributed by atoms with Crippen molar-refractivity contribution < 1.29 is 9.90 Å². The van der Waals surface area contributed by atoms with Crippen molar-refractivity contribution in [2.24, 2.45) is 0 Å². The van der Waals surface area contributed by atoms with Crippen molar-refractivity contribution in [1.29, 1.82) is 0 Å². The number of aromatic carboxylic acids is 1. The average Bonchev–Trinajstić information content (AvgIpc) is 2.74. The van der Waals surface area contributed by atoms with Crippen molar-refractivity contribution in [3.8, 4) is 0 Å². The van der Waals surface area contributed by atoms with Gasteiger partial charge in [-0.25, -0.2) is 9.78 Å². The second-order valence-corrected chi connectivity index (χ2v) is 4.81. The lowest BCUT2D eigenvalue weighted by molar-refractivity contribution is 0.0689. The van der Waals surface area contributed by atoms with Crippen molar-refractivity contribution in [3.63, 3.8) is 0 Å². The molecule has 15 heavy (non-hydrogen) atoms. The molecule has 2 aromatic heterocycles. The minimum atomic E-state index is -0.895. The van der Waals surface area contributed by atoms with Gasteiger partial charge in [0.25, 0.3) is 0 Å². The summed E-state index contributed by atoms with van der Waals surface area (Å²) in [5.41, 5.74) is 1.46. The van der Waals surface area contributed by atoms with Gasteiger partial charge >= 0.3 is 5.97 Å². The normalized spacial score (nSPS) is 15.5. The molecule has 0 unspecified atom stereocenters. The Hall–Kier alpha value is -1.36. The van der Waals surface area contributed by atoms with E-state index in [0.29, 0.717) is 5.69 Å². The summed E-state index contributed by atoms with van der Waals surface area (Å²) in [6.07, 6.45) is 5.85. The summed E-state index contributed by atoms with van der Waals surface area (Å²) in [4.78, 5) is 17.3. The topological polar surface area (TPSA) is 54.6 Å². The van der Waals surface area contributed by atoms with Crippen molar-refractivity contribution in [2.75, 3.05) is 0 Å². The number of aryl methyl sites for hydroxylation is 2. The average molecular weight is 222 g/mol. The van der Waals surface area contributed by atoms with Crippen molar-refractivity contribution in [1.82, 2.24) is 9.38 Å². The third kappa shape index (κ3) is 1.19. The first-order valence-electron chi connectivity index (χ1n) is 4.98. The zero-order valence-corrected chi connectivity index (χ0v) is 8.88. The standard InChI is InChI=1S/C10H10N2O2S/c13-9(14)7-5-11-10-12(7)6-3-1-2-4-8(6)15-10/h5H,1-4H2,(H,13,14). The molecule has 0 atom stereocenters. The maximum Gasteiger partial charge on any atom is 0.354 e. The fraction of sp³-hybridized carbons (Fsp3) is 0.400. The molecule has 0 fully saturated rings. The molecule has 3 rings (SSSR count). The molecule has 0 radical (unpaired) electrons. The first-order chi connectivity index (χ1) is 7.27. The van der Waals surface area contributed by atoms with Crippen LogP contribution in [0, 0.1) is 0 Å². The molecule has 0 amide bonds. The first-order valence-corrected chi connectivity index (χ1v) is 5.80. The van der Waals surface area contributed by atoms with E-state index >= 15 is 0 Å². The zero-order chi connectivity index (χ0) is 10.4. The summed E-state index contributed by atoms with van der Waals surface area (Å²) in [6.45, 7) is 0. The number of rotatable bonds is 1. The summed E-state index contributed by atoms with van der Waals surface area (Å²) in [5, 5.41) is 9.04. The van der Waals surface area contributed by atoms with Crippen LogP contribution in [0.1, 0.15) is 33.9 Å². The van der Waals surface area contributed by atoms with Gasteiger partial charge in [0.2, 0.25) is 0 Å². The highest BCUT2D eigenvalue weighted by atomic mass is 32.1. The highest BCUT2D eigenvalue weighted by Crippen LogP contribution is 2.30. The molecule has 0 saturated heterocycles. The highest BCUT2D eigenvalue weighted by molar-refractivity contribution is 7.17. The Balaban J connectivity index is 2.31. The second-order valence-electron chi connectivity index (χ2n) is 3.75. The molecule has 4 nitrogen and oxygen atoms in total. The maximum atomic E-state index is 11.0. The Bertz CT molecular complexity index is 541. The van der Waals surface area contributed by atoms with Crippen LogP contribution in [0.25, 0.3) is 4.96 Å². The second kappa shape index (κ2) is 3.06. The molecule has 5 heteroatoms. The van der Waals surface area contributed by atoms with Crippen LogP contribution in [0.2, 0.25) is 0 Å². The maximum absolute atomic E-state index is 11.0. The van der Waals surface area contributed by atoms with Crippen molar-refractivity contribution in [2.45, 2.75) is 25.7 Å². The predicted molar refractivity (Wildman–Crippen MR) is 56.7 cm³/mol. The van der Waals surface area contributed by atoms with Crippen molar-refractivity contribution >= 4 is 22.3 Å². The van der Waals surface area contributed by atoms with Gasteiger partial charge in [-0.2, -0.15) is 0 Å². The molecule has 2 aromatic rings. The molecule has 1 N–H and O–H groups in total. The highest BCUT2D eigenvalue weighted by Gasteiger charge is 2.21. The van der Waals surface area contributed by atoms with Gasteiger partial charge in [-0.15, -0.1) is 11.3 Å². The third-order valence-corrected chi connectivity index (χ3v) is 3.98. The number of hydrogen-bond donors (Lipinski definition) is 1. The Morgan fingerprint density at radius 2 is 2.27 bits per heavy atom. The van der Waals surface area contributed by atoms with Crippen LogP contribution in [0.4, 0.5) is 0 Å². The number of fused-ring (bicyclic) bond motifs is 3. The summed E-state index contributed by atoms with van der Waals surface area (Å²) < 4.78 is 1.81. The lowest BCUT2D eigenvalue weighted by atomic mass is 10.0. The largest absolute Gasteiger partial charge is 0.477 e. The number of nitrogens with zero attached hydrogens (tertiary/aromatic N) is 2. The minimum absolute atomic E-state index is 0.296. The summed E-state index contributed by atoms with van der Waals surface area (Å²) >= 11 is 1.63. The van der Waals surface area contributed by atoms with Crippen LogP contribution in [0.5, 0.6) is 0 Å². The van der Waals surface area contributed by atoms with E-state index in [-0.39, 0.29) is 0 Å². The smallest absolute Gasteiger partial charge is 0.354 e. The van der Waals surface area contributed by atoms with Crippen LogP contribution in [-0.2, 0) is 12.8 Å². The van der Waals surface area contributed by atoms with E-state index in [2.05, 4.69) is 4.98 Å². The Labute approximate surface area is 90.2 Å². The van der Waals surface area contributed by atoms with Gasteiger partial charge < -0.3 is 5.11 Å². The quantitative estimate of drug-likeness (QED) is 0.802. The number of aromatic nitrogens is 2. The fourth-order valence-electron chi connectivity index (χ4n) is 2.14. The summed E-state index contributed by atoms with van der Waals surface area (Å²) in [5.74, 6) is -0.895.